The number of thioether (sulfide) groups is 1. The third-order valence-corrected chi connectivity index (χ3v) is 4.33. The fourth-order valence-electron chi connectivity index (χ4n) is 2.43. The lowest BCUT2D eigenvalue weighted by Crippen LogP contribution is -2.48. The Morgan fingerprint density at radius 2 is 1.90 bits per heavy atom. The van der Waals surface area contributed by atoms with E-state index in [9.17, 15) is 4.79 Å². The maximum Gasteiger partial charge on any atom is 0.223 e. The van der Waals surface area contributed by atoms with Crippen LogP contribution >= 0.6 is 11.8 Å². The van der Waals surface area contributed by atoms with Crippen molar-refractivity contribution in [3.05, 3.63) is 42.0 Å². The fourth-order valence-corrected chi connectivity index (χ4v) is 2.81. The van der Waals surface area contributed by atoms with Crippen LogP contribution in [0.2, 0.25) is 0 Å². The summed E-state index contributed by atoms with van der Waals surface area (Å²) in [6, 6.07) is 10.4. The van der Waals surface area contributed by atoms with Crippen molar-refractivity contribution in [3.8, 4) is 0 Å². The Hall–Kier alpha value is -1.26. The summed E-state index contributed by atoms with van der Waals surface area (Å²) in [4.78, 5) is 16.4. The molecule has 0 N–H and O–H groups in total. The van der Waals surface area contributed by atoms with Gasteiger partial charge in [0, 0.05) is 44.9 Å². The lowest BCUT2D eigenvalue weighted by molar-refractivity contribution is -0.132. The first-order valence-corrected chi connectivity index (χ1v) is 8.89. The quantitative estimate of drug-likeness (QED) is 0.807. The molecule has 0 saturated carbocycles. The average molecular weight is 304 g/mol. The van der Waals surface area contributed by atoms with Gasteiger partial charge in [0.05, 0.1) is 0 Å². The van der Waals surface area contributed by atoms with Crippen LogP contribution in [0.1, 0.15) is 12.0 Å². The molecular formula is C17H24N2OS. The maximum absolute atomic E-state index is 11.9. The van der Waals surface area contributed by atoms with E-state index >= 15 is 0 Å². The predicted octanol–water partition coefficient (Wildman–Crippen LogP) is 2.60. The Morgan fingerprint density at radius 1 is 1.19 bits per heavy atom. The molecule has 1 saturated heterocycles. The molecule has 1 aromatic rings. The van der Waals surface area contributed by atoms with Gasteiger partial charge in [0.1, 0.15) is 0 Å². The zero-order valence-corrected chi connectivity index (χ0v) is 13.5. The second kappa shape index (κ2) is 8.90. The molecule has 1 fully saturated rings. The molecule has 0 bridgehead atoms. The summed E-state index contributed by atoms with van der Waals surface area (Å²) in [5.41, 5.74) is 1.24. The van der Waals surface area contributed by atoms with Crippen LogP contribution in [0.3, 0.4) is 0 Å². The van der Waals surface area contributed by atoms with Crippen molar-refractivity contribution in [2.75, 3.05) is 44.7 Å². The number of carbonyl (C=O) groups is 1. The Balaban J connectivity index is 1.69. The second-order valence-corrected chi connectivity index (χ2v) is 6.22. The zero-order chi connectivity index (χ0) is 14.9. The molecule has 0 atom stereocenters. The molecule has 0 spiro atoms. The molecular weight excluding hydrogens is 280 g/mol. The lowest BCUT2D eigenvalue weighted by Gasteiger charge is -2.34. The van der Waals surface area contributed by atoms with Crippen molar-refractivity contribution < 1.29 is 4.79 Å². The number of hydrogen-bond acceptors (Lipinski definition) is 3. The Bertz CT molecular complexity index is 453. The summed E-state index contributed by atoms with van der Waals surface area (Å²) in [7, 11) is 0. The smallest absolute Gasteiger partial charge is 0.223 e. The third-order valence-electron chi connectivity index (χ3n) is 3.72. The summed E-state index contributed by atoms with van der Waals surface area (Å²) >= 11 is 1.74. The van der Waals surface area contributed by atoms with Gasteiger partial charge in [0.2, 0.25) is 5.91 Å². The largest absolute Gasteiger partial charge is 0.340 e. The van der Waals surface area contributed by atoms with Gasteiger partial charge in [-0.2, -0.15) is 11.8 Å². The van der Waals surface area contributed by atoms with Crippen molar-refractivity contribution >= 4 is 23.7 Å². The van der Waals surface area contributed by atoms with Gasteiger partial charge in [-0.25, -0.2) is 0 Å². The molecule has 1 aromatic carbocycles. The SMILES string of the molecule is CSCCC(=O)N1CCN(CC=Cc2ccccc2)CC1. The Morgan fingerprint density at radius 3 is 2.57 bits per heavy atom. The van der Waals surface area contributed by atoms with E-state index in [1.54, 1.807) is 11.8 Å². The number of benzene rings is 1. The van der Waals surface area contributed by atoms with Crippen LogP contribution in [0.4, 0.5) is 0 Å². The predicted molar refractivity (Wildman–Crippen MR) is 91.5 cm³/mol. The summed E-state index contributed by atoms with van der Waals surface area (Å²) in [6.07, 6.45) is 7.09. The van der Waals surface area contributed by atoms with Gasteiger partial charge in [-0.05, 0) is 11.8 Å². The molecule has 1 amide bonds. The van der Waals surface area contributed by atoms with Crippen molar-refractivity contribution in [1.29, 1.82) is 0 Å². The summed E-state index contributed by atoms with van der Waals surface area (Å²) < 4.78 is 0. The topological polar surface area (TPSA) is 23.6 Å². The van der Waals surface area contributed by atoms with E-state index in [4.69, 9.17) is 0 Å². The summed E-state index contributed by atoms with van der Waals surface area (Å²) in [5.74, 6) is 1.24. The van der Waals surface area contributed by atoms with E-state index in [-0.39, 0.29) is 0 Å². The van der Waals surface area contributed by atoms with Gasteiger partial charge >= 0.3 is 0 Å². The van der Waals surface area contributed by atoms with E-state index < -0.39 is 0 Å². The molecule has 1 aliphatic heterocycles. The lowest BCUT2D eigenvalue weighted by atomic mass is 10.2. The van der Waals surface area contributed by atoms with Crippen molar-refractivity contribution in [2.45, 2.75) is 6.42 Å². The number of hydrogen-bond donors (Lipinski definition) is 0. The van der Waals surface area contributed by atoms with Gasteiger partial charge in [0.15, 0.2) is 0 Å². The molecule has 114 valence electrons. The minimum Gasteiger partial charge on any atom is -0.340 e. The second-order valence-electron chi connectivity index (χ2n) is 5.24. The van der Waals surface area contributed by atoms with E-state index in [2.05, 4.69) is 41.3 Å². The molecule has 3 nitrogen and oxygen atoms in total. The standard InChI is InChI=1S/C17H24N2OS/c1-21-15-9-17(20)19-13-11-18(12-14-19)10-5-8-16-6-3-2-4-7-16/h2-8H,9-15H2,1H3. The van der Waals surface area contributed by atoms with Crippen LogP contribution in [0, 0.1) is 0 Å². The minimum absolute atomic E-state index is 0.309. The normalized spacial score (nSPS) is 16.5. The molecule has 1 aliphatic rings. The third kappa shape index (κ3) is 5.56. The first kappa shape index (κ1) is 16.1. The maximum atomic E-state index is 11.9. The minimum atomic E-state index is 0.309. The molecule has 4 heteroatoms. The van der Waals surface area contributed by atoms with Crippen molar-refractivity contribution in [2.24, 2.45) is 0 Å². The van der Waals surface area contributed by atoms with Crippen LogP contribution in [-0.2, 0) is 4.79 Å². The molecule has 0 aliphatic carbocycles. The highest BCUT2D eigenvalue weighted by Gasteiger charge is 2.19. The highest BCUT2D eigenvalue weighted by atomic mass is 32.2. The van der Waals surface area contributed by atoms with Crippen LogP contribution < -0.4 is 0 Å². The monoisotopic (exact) mass is 304 g/mol. The number of carbonyl (C=O) groups excluding carboxylic acids is 1. The van der Waals surface area contributed by atoms with E-state index in [0.29, 0.717) is 12.3 Å². The van der Waals surface area contributed by atoms with Crippen LogP contribution in [0.5, 0.6) is 0 Å². The van der Waals surface area contributed by atoms with Crippen LogP contribution in [0.25, 0.3) is 6.08 Å². The summed E-state index contributed by atoms with van der Waals surface area (Å²) in [6.45, 7) is 4.65. The van der Waals surface area contributed by atoms with Crippen LogP contribution in [0.15, 0.2) is 36.4 Å². The van der Waals surface area contributed by atoms with E-state index in [1.807, 2.05) is 17.2 Å². The van der Waals surface area contributed by atoms with Gasteiger partial charge in [-0.15, -0.1) is 0 Å². The van der Waals surface area contributed by atoms with Crippen molar-refractivity contribution in [3.63, 3.8) is 0 Å². The van der Waals surface area contributed by atoms with Gasteiger partial charge in [-0.1, -0.05) is 42.5 Å². The number of piperazine rings is 1. The highest BCUT2D eigenvalue weighted by molar-refractivity contribution is 7.98. The molecule has 21 heavy (non-hydrogen) atoms. The molecule has 2 rings (SSSR count). The molecule has 0 radical (unpaired) electrons. The van der Waals surface area contributed by atoms with Crippen LogP contribution in [-0.4, -0.2) is 60.4 Å². The molecule has 0 unspecified atom stereocenters. The number of nitrogens with zero attached hydrogens (tertiary/aromatic N) is 2. The van der Waals surface area contributed by atoms with E-state index in [0.717, 1.165) is 38.5 Å². The molecule has 1 heterocycles. The van der Waals surface area contributed by atoms with Gasteiger partial charge in [-0.3, -0.25) is 9.69 Å². The van der Waals surface area contributed by atoms with Crippen molar-refractivity contribution in [1.82, 2.24) is 9.80 Å². The number of amides is 1. The fraction of sp³-hybridized carbons (Fsp3) is 0.471. The van der Waals surface area contributed by atoms with Gasteiger partial charge in [0.25, 0.3) is 0 Å². The highest BCUT2D eigenvalue weighted by Crippen LogP contribution is 2.07. The summed E-state index contributed by atoms with van der Waals surface area (Å²) in [5, 5.41) is 0. The average Bonchev–Trinajstić information content (AvgIpc) is 2.54. The first-order valence-electron chi connectivity index (χ1n) is 7.50. The zero-order valence-electron chi connectivity index (χ0n) is 12.7. The molecule has 0 aromatic heterocycles. The Kier molecular flexibility index (Phi) is 6.83. The van der Waals surface area contributed by atoms with Gasteiger partial charge < -0.3 is 4.90 Å². The van der Waals surface area contributed by atoms with E-state index in [1.165, 1.54) is 5.56 Å². The number of rotatable bonds is 6. The Labute approximate surface area is 132 Å². The first-order chi connectivity index (χ1) is 10.3.